The summed E-state index contributed by atoms with van der Waals surface area (Å²) in [5.41, 5.74) is -0.300. The van der Waals surface area contributed by atoms with E-state index in [-0.39, 0.29) is 11.3 Å². The highest BCUT2D eigenvalue weighted by Gasteiger charge is 2.30. The molecule has 1 atom stereocenters. The van der Waals surface area contributed by atoms with Crippen LogP contribution in [0.25, 0.3) is 0 Å². The summed E-state index contributed by atoms with van der Waals surface area (Å²) in [5.74, 6) is 1.13. The molecule has 3 rings (SSSR count). The molecule has 2 fully saturated rings. The molecule has 0 unspecified atom stereocenters. The van der Waals surface area contributed by atoms with E-state index in [0.717, 1.165) is 56.8 Å². The van der Waals surface area contributed by atoms with Crippen LogP contribution in [0.2, 0.25) is 0 Å². The van der Waals surface area contributed by atoms with E-state index < -0.39 is 0 Å². The molecule has 152 valence electrons. The van der Waals surface area contributed by atoms with Gasteiger partial charge in [0.05, 0.1) is 6.54 Å². The zero-order chi connectivity index (χ0) is 19.4. The summed E-state index contributed by atoms with van der Waals surface area (Å²) in [4.78, 5) is 23.9. The number of likely N-dealkylation sites (tertiary alicyclic amines) is 1. The first-order valence-electron chi connectivity index (χ1n) is 10.2. The standard InChI is InChI=1S/C19H34N6OS/c1-5-24-8-6-7-15(24)13-20-18-21-16(22-27-18)14-23-9-11-25(12-10-23)17(26)19(2,3)4/h15H,5-14H2,1-4H3,(H,20,21,22)/t15-/m0/s1. The predicted molar refractivity (Wildman–Crippen MR) is 110 cm³/mol. The third kappa shape index (κ3) is 5.39. The molecule has 27 heavy (non-hydrogen) atoms. The second-order valence-electron chi connectivity index (χ2n) is 8.64. The minimum absolute atomic E-state index is 0.244. The molecule has 0 bridgehead atoms. The second-order valence-corrected chi connectivity index (χ2v) is 9.39. The van der Waals surface area contributed by atoms with E-state index in [1.54, 1.807) is 0 Å². The number of carbonyl (C=O) groups is 1. The number of hydrogen-bond acceptors (Lipinski definition) is 7. The van der Waals surface area contributed by atoms with E-state index in [1.807, 2.05) is 25.7 Å². The fourth-order valence-corrected chi connectivity index (χ4v) is 4.51. The van der Waals surface area contributed by atoms with Crippen molar-refractivity contribution >= 4 is 22.6 Å². The summed E-state index contributed by atoms with van der Waals surface area (Å²) in [5, 5.41) is 4.40. The van der Waals surface area contributed by atoms with Crippen molar-refractivity contribution in [3.8, 4) is 0 Å². The molecule has 2 saturated heterocycles. The van der Waals surface area contributed by atoms with Gasteiger partial charge in [0.1, 0.15) is 0 Å². The number of aromatic nitrogens is 2. The third-order valence-corrected chi connectivity index (χ3v) is 6.24. The number of likely N-dealkylation sites (N-methyl/N-ethyl adjacent to an activating group) is 1. The molecular weight excluding hydrogens is 360 g/mol. The van der Waals surface area contributed by atoms with Crippen LogP contribution in [-0.2, 0) is 11.3 Å². The van der Waals surface area contributed by atoms with Crippen LogP contribution in [0.1, 0.15) is 46.4 Å². The van der Waals surface area contributed by atoms with Crippen LogP contribution >= 0.6 is 11.5 Å². The number of carbonyl (C=O) groups excluding carboxylic acids is 1. The Morgan fingerprint density at radius 2 is 1.96 bits per heavy atom. The first kappa shape index (κ1) is 20.5. The summed E-state index contributed by atoms with van der Waals surface area (Å²) < 4.78 is 4.52. The quantitative estimate of drug-likeness (QED) is 0.797. The number of rotatable bonds is 6. The summed E-state index contributed by atoms with van der Waals surface area (Å²) >= 11 is 1.46. The number of hydrogen-bond donors (Lipinski definition) is 1. The largest absolute Gasteiger partial charge is 0.359 e. The van der Waals surface area contributed by atoms with Crippen LogP contribution in [-0.4, -0.2) is 81.8 Å². The molecule has 0 aromatic carbocycles. The van der Waals surface area contributed by atoms with E-state index in [4.69, 9.17) is 0 Å². The average Bonchev–Trinajstić information content (AvgIpc) is 3.28. The van der Waals surface area contributed by atoms with Gasteiger partial charge in [0.25, 0.3) is 0 Å². The Bertz CT molecular complexity index is 620. The van der Waals surface area contributed by atoms with Gasteiger partial charge in [-0.05, 0) is 25.9 Å². The molecule has 2 aliphatic heterocycles. The van der Waals surface area contributed by atoms with Gasteiger partial charge in [-0.15, -0.1) is 0 Å². The first-order valence-corrected chi connectivity index (χ1v) is 11.0. The van der Waals surface area contributed by atoms with Crippen molar-refractivity contribution in [2.24, 2.45) is 5.41 Å². The van der Waals surface area contributed by atoms with Gasteiger partial charge in [-0.3, -0.25) is 14.6 Å². The molecule has 7 nitrogen and oxygen atoms in total. The van der Waals surface area contributed by atoms with Crippen LogP contribution < -0.4 is 5.32 Å². The number of amides is 1. The highest BCUT2D eigenvalue weighted by molar-refractivity contribution is 7.09. The Balaban J connectivity index is 1.43. The first-order chi connectivity index (χ1) is 12.9. The van der Waals surface area contributed by atoms with Gasteiger partial charge in [0.2, 0.25) is 11.0 Å². The Morgan fingerprint density at radius 1 is 1.22 bits per heavy atom. The molecule has 1 amide bonds. The summed E-state index contributed by atoms with van der Waals surface area (Å²) in [6.45, 7) is 15.6. The van der Waals surface area contributed by atoms with Crippen LogP contribution in [0.4, 0.5) is 5.13 Å². The van der Waals surface area contributed by atoms with Gasteiger partial charge >= 0.3 is 0 Å². The monoisotopic (exact) mass is 394 g/mol. The average molecular weight is 395 g/mol. The SMILES string of the molecule is CCN1CCC[C@H]1CNc1nc(CN2CCN(C(=O)C(C)(C)C)CC2)ns1. The van der Waals surface area contributed by atoms with Gasteiger partial charge in [-0.2, -0.15) is 4.37 Å². The maximum atomic E-state index is 12.4. The minimum atomic E-state index is -0.300. The van der Waals surface area contributed by atoms with Gasteiger partial charge in [-0.25, -0.2) is 4.98 Å². The number of anilines is 1. The zero-order valence-corrected chi connectivity index (χ0v) is 18.0. The Hall–Kier alpha value is -1.25. The van der Waals surface area contributed by atoms with Crippen molar-refractivity contribution in [1.82, 2.24) is 24.1 Å². The van der Waals surface area contributed by atoms with Crippen LogP contribution in [0.5, 0.6) is 0 Å². The minimum Gasteiger partial charge on any atom is -0.359 e. The summed E-state index contributed by atoms with van der Waals surface area (Å²) in [6, 6.07) is 0.621. The Kier molecular flexibility index (Phi) is 6.70. The van der Waals surface area contributed by atoms with E-state index in [2.05, 4.69) is 31.4 Å². The number of piperazine rings is 1. The van der Waals surface area contributed by atoms with Crippen molar-refractivity contribution in [3.05, 3.63) is 5.82 Å². The van der Waals surface area contributed by atoms with Gasteiger partial charge in [0, 0.05) is 55.7 Å². The molecule has 3 heterocycles. The lowest BCUT2D eigenvalue weighted by Crippen LogP contribution is -2.51. The highest BCUT2D eigenvalue weighted by Crippen LogP contribution is 2.20. The highest BCUT2D eigenvalue weighted by atomic mass is 32.1. The lowest BCUT2D eigenvalue weighted by molar-refractivity contribution is -0.141. The number of nitrogens with one attached hydrogen (secondary N) is 1. The molecule has 1 aromatic rings. The Morgan fingerprint density at radius 3 is 2.63 bits per heavy atom. The smallest absolute Gasteiger partial charge is 0.228 e. The maximum Gasteiger partial charge on any atom is 0.228 e. The van der Waals surface area contributed by atoms with Gasteiger partial charge in [-0.1, -0.05) is 27.7 Å². The van der Waals surface area contributed by atoms with E-state index in [0.29, 0.717) is 6.04 Å². The van der Waals surface area contributed by atoms with Crippen molar-refractivity contribution in [3.63, 3.8) is 0 Å². The molecule has 2 aliphatic rings. The summed E-state index contributed by atoms with van der Waals surface area (Å²) in [6.07, 6.45) is 2.56. The molecule has 0 radical (unpaired) electrons. The lowest BCUT2D eigenvalue weighted by atomic mass is 9.94. The maximum absolute atomic E-state index is 12.4. The van der Waals surface area contributed by atoms with Crippen molar-refractivity contribution < 1.29 is 4.79 Å². The fraction of sp³-hybridized carbons (Fsp3) is 0.842. The second kappa shape index (κ2) is 8.84. The van der Waals surface area contributed by atoms with Gasteiger partial charge < -0.3 is 10.2 Å². The van der Waals surface area contributed by atoms with Crippen LogP contribution in [0.3, 0.4) is 0 Å². The van der Waals surface area contributed by atoms with Crippen molar-refractivity contribution in [1.29, 1.82) is 0 Å². The third-order valence-electron chi connectivity index (χ3n) is 5.53. The molecule has 0 spiro atoms. The predicted octanol–water partition coefficient (Wildman–Crippen LogP) is 2.12. The molecule has 0 saturated carbocycles. The normalized spacial score (nSPS) is 22.4. The van der Waals surface area contributed by atoms with E-state index >= 15 is 0 Å². The molecular formula is C19H34N6OS. The molecule has 1 N–H and O–H groups in total. The van der Waals surface area contributed by atoms with Gasteiger partial charge in [0.15, 0.2) is 5.82 Å². The van der Waals surface area contributed by atoms with Crippen LogP contribution in [0.15, 0.2) is 0 Å². The molecule has 8 heteroatoms. The van der Waals surface area contributed by atoms with Crippen molar-refractivity contribution in [2.75, 3.05) is 51.1 Å². The lowest BCUT2D eigenvalue weighted by Gasteiger charge is -2.37. The van der Waals surface area contributed by atoms with E-state index in [9.17, 15) is 4.79 Å². The Labute approximate surface area is 167 Å². The van der Waals surface area contributed by atoms with Crippen molar-refractivity contribution in [2.45, 2.75) is 53.1 Å². The fourth-order valence-electron chi connectivity index (χ4n) is 3.92. The molecule has 0 aliphatic carbocycles. The summed E-state index contributed by atoms with van der Waals surface area (Å²) in [7, 11) is 0. The molecule has 1 aromatic heterocycles. The van der Waals surface area contributed by atoms with Crippen LogP contribution in [0, 0.1) is 5.41 Å². The van der Waals surface area contributed by atoms with E-state index in [1.165, 1.54) is 30.9 Å². The topological polar surface area (TPSA) is 64.6 Å². The zero-order valence-electron chi connectivity index (χ0n) is 17.2. The number of nitrogens with zero attached hydrogens (tertiary/aromatic N) is 5.